The van der Waals surface area contributed by atoms with Crippen LogP contribution in [0.3, 0.4) is 0 Å². The van der Waals surface area contributed by atoms with E-state index in [0.29, 0.717) is 12.8 Å². The van der Waals surface area contributed by atoms with Crippen molar-refractivity contribution in [1.29, 1.82) is 0 Å². The SMILES string of the molecule is O=[N+]([O-])C1C(O)CCC1O. The molecule has 0 radical (unpaired) electrons. The molecule has 0 bridgehead atoms. The Hall–Kier alpha value is -0.680. The predicted molar refractivity (Wildman–Crippen MR) is 32.0 cm³/mol. The Morgan fingerprint density at radius 3 is 1.90 bits per heavy atom. The highest BCUT2D eigenvalue weighted by atomic mass is 16.6. The van der Waals surface area contributed by atoms with Crippen molar-refractivity contribution in [2.75, 3.05) is 0 Å². The van der Waals surface area contributed by atoms with Gasteiger partial charge < -0.3 is 10.2 Å². The highest BCUT2D eigenvalue weighted by Crippen LogP contribution is 2.21. The third-order valence-corrected chi connectivity index (χ3v) is 1.79. The monoisotopic (exact) mass is 147 g/mol. The molecule has 1 saturated carbocycles. The summed E-state index contributed by atoms with van der Waals surface area (Å²) < 4.78 is 0. The van der Waals surface area contributed by atoms with Gasteiger partial charge in [0.25, 0.3) is 6.04 Å². The molecule has 5 heteroatoms. The standard InChI is InChI=1S/C5H9NO4/c7-3-1-2-4(8)5(3)6(9)10/h3-5,7-8H,1-2H2. The average molecular weight is 147 g/mol. The fraction of sp³-hybridized carbons (Fsp3) is 1.00. The lowest BCUT2D eigenvalue weighted by atomic mass is 10.2. The average Bonchev–Trinajstić information content (AvgIpc) is 2.11. The van der Waals surface area contributed by atoms with Crippen LogP contribution in [0.2, 0.25) is 0 Å². The molecule has 0 amide bonds. The zero-order chi connectivity index (χ0) is 7.72. The normalized spacial score (nSPS) is 40.0. The van der Waals surface area contributed by atoms with Crippen molar-refractivity contribution in [3.8, 4) is 0 Å². The van der Waals surface area contributed by atoms with Gasteiger partial charge in [-0.25, -0.2) is 0 Å². The van der Waals surface area contributed by atoms with Crippen LogP contribution in [0.15, 0.2) is 0 Å². The fourth-order valence-corrected chi connectivity index (χ4v) is 1.22. The van der Waals surface area contributed by atoms with Gasteiger partial charge in [0.15, 0.2) is 0 Å². The maximum atomic E-state index is 10.1. The molecule has 10 heavy (non-hydrogen) atoms. The van der Waals surface area contributed by atoms with E-state index < -0.39 is 23.2 Å². The first-order chi connectivity index (χ1) is 4.63. The minimum Gasteiger partial charge on any atom is -0.386 e. The lowest BCUT2D eigenvalue weighted by molar-refractivity contribution is -0.540. The van der Waals surface area contributed by atoms with Crippen LogP contribution in [0.4, 0.5) is 0 Å². The molecule has 0 spiro atoms. The number of aliphatic hydroxyl groups is 2. The first-order valence-corrected chi connectivity index (χ1v) is 3.12. The summed E-state index contributed by atoms with van der Waals surface area (Å²) in [4.78, 5) is 9.49. The zero-order valence-corrected chi connectivity index (χ0v) is 5.30. The van der Waals surface area contributed by atoms with Crippen molar-refractivity contribution in [3.05, 3.63) is 10.1 Å². The number of rotatable bonds is 1. The Morgan fingerprint density at radius 2 is 1.70 bits per heavy atom. The second kappa shape index (κ2) is 2.51. The smallest absolute Gasteiger partial charge is 0.263 e. The van der Waals surface area contributed by atoms with E-state index in [0.717, 1.165) is 0 Å². The zero-order valence-electron chi connectivity index (χ0n) is 5.30. The molecule has 2 N–H and O–H groups in total. The van der Waals surface area contributed by atoms with Gasteiger partial charge in [-0.1, -0.05) is 0 Å². The maximum Gasteiger partial charge on any atom is 0.263 e. The van der Waals surface area contributed by atoms with Crippen molar-refractivity contribution in [3.63, 3.8) is 0 Å². The van der Waals surface area contributed by atoms with Crippen LogP contribution in [-0.4, -0.2) is 33.4 Å². The molecule has 2 unspecified atom stereocenters. The molecular weight excluding hydrogens is 138 g/mol. The Balaban J connectivity index is 2.63. The van der Waals surface area contributed by atoms with Crippen molar-refractivity contribution < 1.29 is 15.1 Å². The van der Waals surface area contributed by atoms with Crippen molar-refractivity contribution in [2.24, 2.45) is 0 Å². The Kier molecular flexibility index (Phi) is 1.87. The molecule has 1 aliphatic carbocycles. The molecule has 5 nitrogen and oxygen atoms in total. The van der Waals surface area contributed by atoms with Crippen LogP contribution in [0.1, 0.15) is 12.8 Å². The second-order valence-electron chi connectivity index (χ2n) is 2.49. The summed E-state index contributed by atoms with van der Waals surface area (Å²) in [7, 11) is 0. The molecule has 0 aromatic rings. The van der Waals surface area contributed by atoms with Gasteiger partial charge in [-0.2, -0.15) is 0 Å². The number of hydrogen-bond acceptors (Lipinski definition) is 4. The van der Waals surface area contributed by atoms with E-state index in [4.69, 9.17) is 10.2 Å². The van der Waals surface area contributed by atoms with Gasteiger partial charge in [-0.05, 0) is 12.8 Å². The van der Waals surface area contributed by atoms with Crippen LogP contribution < -0.4 is 0 Å². The largest absolute Gasteiger partial charge is 0.386 e. The lowest BCUT2D eigenvalue weighted by Crippen LogP contribution is -2.36. The summed E-state index contributed by atoms with van der Waals surface area (Å²) in [6.45, 7) is 0. The van der Waals surface area contributed by atoms with Crippen LogP contribution in [-0.2, 0) is 0 Å². The first kappa shape index (κ1) is 7.43. The van der Waals surface area contributed by atoms with Crippen molar-refractivity contribution in [2.45, 2.75) is 31.1 Å². The van der Waals surface area contributed by atoms with E-state index in [1.807, 2.05) is 0 Å². The maximum absolute atomic E-state index is 10.1. The number of nitrogens with zero attached hydrogens (tertiary/aromatic N) is 1. The summed E-state index contributed by atoms with van der Waals surface area (Å²) in [6.07, 6.45) is -1.28. The molecule has 1 rings (SSSR count). The molecule has 0 aliphatic heterocycles. The van der Waals surface area contributed by atoms with Gasteiger partial charge in [0.1, 0.15) is 12.2 Å². The summed E-state index contributed by atoms with van der Waals surface area (Å²) in [6, 6.07) is -1.17. The highest BCUT2D eigenvalue weighted by molar-refractivity contribution is 4.84. The second-order valence-corrected chi connectivity index (χ2v) is 2.49. The van der Waals surface area contributed by atoms with Crippen LogP contribution in [0.5, 0.6) is 0 Å². The van der Waals surface area contributed by atoms with Gasteiger partial charge in [0.2, 0.25) is 0 Å². The Bertz CT molecular complexity index is 139. The third kappa shape index (κ3) is 1.10. The lowest BCUT2D eigenvalue weighted by Gasteiger charge is -2.08. The van der Waals surface area contributed by atoms with E-state index >= 15 is 0 Å². The molecule has 0 heterocycles. The van der Waals surface area contributed by atoms with E-state index in [-0.39, 0.29) is 0 Å². The predicted octanol–water partition coefficient (Wildman–Crippen LogP) is -0.853. The minimum absolute atomic E-state index is 0.326. The number of hydrogen-bond donors (Lipinski definition) is 2. The van der Waals surface area contributed by atoms with Gasteiger partial charge in [-0.3, -0.25) is 10.1 Å². The van der Waals surface area contributed by atoms with Crippen LogP contribution in [0.25, 0.3) is 0 Å². The van der Waals surface area contributed by atoms with Crippen LogP contribution >= 0.6 is 0 Å². The molecule has 1 aliphatic rings. The van der Waals surface area contributed by atoms with Gasteiger partial charge in [0.05, 0.1) is 0 Å². The molecule has 0 saturated heterocycles. The van der Waals surface area contributed by atoms with Crippen molar-refractivity contribution in [1.82, 2.24) is 0 Å². The molecule has 0 aromatic heterocycles. The topological polar surface area (TPSA) is 83.6 Å². The molecular formula is C5H9NO4. The van der Waals surface area contributed by atoms with E-state index in [9.17, 15) is 10.1 Å². The minimum atomic E-state index is -1.17. The Morgan fingerprint density at radius 1 is 1.30 bits per heavy atom. The fourth-order valence-electron chi connectivity index (χ4n) is 1.22. The quantitative estimate of drug-likeness (QED) is 0.373. The molecule has 1 fully saturated rings. The van der Waals surface area contributed by atoms with Gasteiger partial charge in [0, 0.05) is 4.92 Å². The molecule has 0 aromatic carbocycles. The summed E-state index contributed by atoms with van der Waals surface area (Å²) in [5.41, 5.74) is 0. The first-order valence-electron chi connectivity index (χ1n) is 3.12. The summed E-state index contributed by atoms with van der Waals surface area (Å²) >= 11 is 0. The van der Waals surface area contributed by atoms with E-state index in [2.05, 4.69) is 0 Å². The van der Waals surface area contributed by atoms with E-state index in [1.54, 1.807) is 0 Å². The van der Waals surface area contributed by atoms with Crippen LogP contribution in [0, 0.1) is 10.1 Å². The van der Waals surface area contributed by atoms with E-state index in [1.165, 1.54) is 0 Å². The van der Waals surface area contributed by atoms with Gasteiger partial charge >= 0.3 is 0 Å². The molecule has 2 atom stereocenters. The van der Waals surface area contributed by atoms with Gasteiger partial charge in [-0.15, -0.1) is 0 Å². The molecule has 58 valence electrons. The number of aliphatic hydroxyl groups excluding tert-OH is 2. The van der Waals surface area contributed by atoms with Crippen molar-refractivity contribution >= 4 is 0 Å². The highest BCUT2D eigenvalue weighted by Gasteiger charge is 2.42. The Labute approximate surface area is 57.4 Å². The third-order valence-electron chi connectivity index (χ3n) is 1.79. The summed E-state index contributed by atoms with van der Waals surface area (Å²) in [5.74, 6) is 0. The summed E-state index contributed by atoms with van der Waals surface area (Å²) in [5, 5.41) is 28.0. The number of nitro groups is 1.